The van der Waals surface area contributed by atoms with Crippen LogP contribution in [-0.4, -0.2) is 93.9 Å². The maximum absolute atomic E-state index is 12.6. The van der Waals surface area contributed by atoms with E-state index in [1.165, 1.54) is 6.07 Å². The Morgan fingerprint density at radius 3 is 2.26 bits per heavy atom. The van der Waals surface area contributed by atoms with Crippen molar-refractivity contribution in [2.45, 2.75) is 0 Å². The number of rotatable bonds is 10. The molecule has 1 heterocycles. The number of carbonyl (C=O) groups is 1. The summed E-state index contributed by atoms with van der Waals surface area (Å²) in [6, 6.07) is 6.72. The smallest absolute Gasteiger partial charge is 0.292 e. The Kier molecular flexibility index (Phi) is 8.43. The number of nitro groups is 1. The number of piperazine rings is 1. The third-order valence-electron chi connectivity index (χ3n) is 4.63. The third-order valence-corrected chi connectivity index (χ3v) is 4.63. The average Bonchev–Trinajstić information content (AvgIpc) is 2.70. The highest BCUT2D eigenvalue weighted by Gasteiger charge is 2.26. The van der Waals surface area contributed by atoms with Crippen LogP contribution in [0.5, 0.6) is 0 Å². The molecule has 0 unspecified atom stereocenters. The second-order valence-electron chi connectivity index (χ2n) is 6.38. The number of nitrogens with zero attached hydrogens (tertiary/aromatic N) is 4. The molecule has 0 aromatic heterocycles. The molecule has 0 spiro atoms. The minimum absolute atomic E-state index is 0.0596. The predicted octanol–water partition coefficient (Wildman–Crippen LogP) is 0.838. The molecule has 0 bridgehead atoms. The highest BCUT2D eigenvalue weighted by Crippen LogP contribution is 2.28. The number of benzene rings is 1. The molecule has 0 radical (unpaired) electrons. The summed E-state index contributed by atoms with van der Waals surface area (Å²) in [7, 11) is 3.27. The molecule has 2 rings (SSSR count). The number of nitro benzene ring substituents is 1. The summed E-state index contributed by atoms with van der Waals surface area (Å²) in [6.07, 6.45) is 0. The molecule has 1 aromatic carbocycles. The highest BCUT2D eigenvalue weighted by molar-refractivity contribution is 5.78. The maximum Gasteiger partial charge on any atom is 0.292 e. The third kappa shape index (κ3) is 6.16. The topological polar surface area (TPSA) is 88.4 Å². The first kappa shape index (κ1) is 21.1. The summed E-state index contributed by atoms with van der Waals surface area (Å²) in [6.45, 7) is 5.02. The van der Waals surface area contributed by atoms with Gasteiger partial charge in [-0.1, -0.05) is 12.1 Å². The first-order valence-electron chi connectivity index (χ1n) is 9.03. The van der Waals surface area contributed by atoms with Gasteiger partial charge in [0.05, 0.1) is 24.7 Å². The van der Waals surface area contributed by atoms with Crippen molar-refractivity contribution in [3.05, 3.63) is 34.4 Å². The number of hydrogen-bond donors (Lipinski definition) is 0. The van der Waals surface area contributed by atoms with Gasteiger partial charge in [-0.25, -0.2) is 0 Å². The van der Waals surface area contributed by atoms with Crippen LogP contribution in [0.3, 0.4) is 0 Å². The van der Waals surface area contributed by atoms with Gasteiger partial charge in [-0.2, -0.15) is 0 Å². The summed E-state index contributed by atoms with van der Waals surface area (Å²) in [5.41, 5.74) is 0.707. The van der Waals surface area contributed by atoms with Gasteiger partial charge >= 0.3 is 0 Å². The Hall–Kier alpha value is -2.23. The molecule has 0 atom stereocenters. The standard InChI is InChI=1S/C18H28N4O5/c1-26-13-11-19(12-14-27-2)15-18(23)21-9-7-20(8-10-21)16-5-3-4-6-17(16)22(24)25/h3-6H,7-15H2,1-2H3. The molecule has 0 aliphatic carbocycles. The van der Waals surface area contributed by atoms with Gasteiger partial charge < -0.3 is 19.3 Å². The van der Waals surface area contributed by atoms with Gasteiger partial charge in [-0.05, 0) is 6.07 Å². The molecule has 1 aliphatic rings. The van der Waals surface area contributed by atoms with Crippen molar-refractivity contribution in [1.29, 1.82) is 0 Å². The number of carbonyl (C=O) groups excluding carboxylic acids is 1. The Labute approximate surface area is 159 Å². The predicted molar refractivity (Wildman–Crippen MR) is 102 cm³/mol. The lowest BCUT2D eigenvalue weighted by molar-refractivity contribution is -0.384. The van der Waals surface area contributed by atoms with E-state index in [2.05, 4.69) is 0 Å². The fourth-order valence-electron chi connectivity index (χ4n) is 3.08. The van der Waals surface area contributed by atoms with Crippen LogP contribution in [0.2, 0.25) is 0 Å². The van der Waals surface area contributed by atoms with Gasteiger partial charge in [0.1, 0.15) is 5.69 Å². The van der Waals surface area contributed by atoms with Crippen molar-refractivity contribution in [2.75, 3.05) is 78.1 Å². The van der Waals surface area contributed by atoms with E-state index in [1.807, 2.05) is 14.7 Å². The molecule has 1 saturated heterocycles. The van der Waals surface area contributed by atoms with Crippen LogP contribution < -0.4 is 4.90 Å². The quantitative estimate of drug-likeness (QED) is 0.439. The first-order chi connectivity index (χ1) is 13.1. The summed E-state index contributed by atoms with van der Waals surface area (Å²) in [5.74, 6) is 0.0596. The molecule has 1 fully saturated rings. The van der Waals surface area contributed by atoms with E-state index in [0.29, 0.717) is 64.7 Å². The van der Waals surface area contributed by atoms with Gasteiger partial charge in [0.25, 0.3) is 5.69 Å². The largest absolute Gasteiger partial charge is 0.383 e. The van der Waals surface area contributed by atoms with Crippen LogP contribution in [-0.2, 0) is 14.3 Å². The minimum Gasteiger partial charge on any atom is -0.383 e. The Morgan fingerprint density at radius 2 is 1.70 bits per heavy atom. The molecule has 9 nitrogen and oxygen atoms in total. The summed E-state index contributed by atoms with van der Waals surface area (Å²) in [5, 5.41) is 11.2. The van der Waals surface area contributed by atoms with Gasteiger partial charge in [0, 0.05) is 59.6 Å². The Morgan fingerprint density at radius 1 is 1.11 bits per heavy atom. The molecule has 9 heteroatoms. The summed E-state index contributed by atoms with van der Waals surface area (Å²) >= 11 is 0. The fourth-order valence-corrected chi connectivity index (χ4v) is 3.08. The summed E-state index contributed by atoms with van der Waals surface area (Å²) in [4.78, 5) is 29.3. The zero-order chi connectivity index (χ0) is 19.6. The van der Waals surface area contributed by atoms with Crippen LogP contribution >= 0.6 is 0 Å². The zero-order valence-electron chi connectivity index (χ0n) is 16.0. The van der Waals surface area contributed by atoms with Crippen LogP contribution in [0.4, 0.5) is 11.4 Å². The number of hydrogen-bond acceptors (Lipinski definition) is 7. The van der Waals surface area contributed by atoms with E-state index in [-0.39, 0.29) is 16.5 Å². The van der Waals surface area contributed by atoms with Gasteiger partial charge in [-0.15, -0.1) is 0 Å². The minimum atomic E-state index is -0.365. The Bertz CT molecular complexity index is 612. The van der Waals surface area contributed by atoms with Gasteiger partial charge in [0.15, 0.2) is 0 Å². The van der Waals surface area contributed by atoms with Gasteiger partial charge in [0.2, 0.25) is 5.91 Å². The Balaban J connectivity index is 1.90. The lowest BCUT2D eigenvalue weighted by Crippen LogP contribution is -2.51. The van der Waals surface area contributed by atoms with Crippen LogP contribution in [0.25, 0.3) is 0 Å². The number of amides is 1. The normalized spacial score (nSPS) is 14.6. The number of para-hydroxylation sites is 2. The highest BCUT2D eigenvalue weighted by atomic mass is 16.6. The zero-order valence-corrected chi connectivity index (χ0v) is 16.0. The average molecular weight is 380 g/mol. The molecule has 1 aliphatic heterocycles. The van der Waals surface area contributed by atoms with Crippen LogP contribution in [0.1, 0.15) is 0 Å². The molecular formula is C18H28N4O5. The summed E-state index contributed by atoms with van der Waals surface area (Å²) < 4.78 is 10.2. The van der Waals surface area contributed by atoms with Crippen LogP contribution in [0, 0.1) is 10.1 Å². The van der Waals surface area contributed by atoms with E-state index < -0.39 is 0 Å². The molecule has 27 heavy (non-hydrogen) atoms. The lowest BCUT2D eigenvalue weighted by Gasteiger charge is -2.36. The van der Waals surface area contributed by atoms with E-state index in [4.69, 9.17) is 9.47 Å². The number of ether oxygens (including phenoxy) is 2. The molecule has 0 N–H and O–H groups in total. The molecular weight excluding hydrogens is 352 g/mol. The molecule has 150 valence electrons. The van der Waals surface area contributed by atoms with E-state index in [1.54, 1.807) is 32.4 Å². The van der Waals surface area contributed by atoms with E-state index in [0.717, 1.165) is 0 Å². The molecule has 0 saturated carbocycles. The van der Waals surface area contributed by atoms with Gasteiger partial charge in [-0.3, -0.25) is 19.8 Å². The van der Waals surface area contributed by atoms with Crippen molar-refractivity contribution in [2.24, 2.45) is 0 Å². The lowest BCUT2D eigenvalue weighted by atomic mass is 10.2. The monoisotopic (exact) mass is 380 g/mol. The number of anilines is 1. The van der Waals surface area contributed by atoms with Crippen molar-refractivity contribution in [3.63, 3.8) is 0 Å². The number of methoxy groups -OCH3 is 2. The van der Waals surface area contributed by atoms with Crippen molar-refractivity contribution in [1.82, 2.24) is 9.80 Å². The van der Waals surface area contributed by atoms with E-state index in [9.17, 15) is 14.9 Å². The van der Waals surface area contributed by atoms with Crippen molar-refractivity contribution >= 4 is 17.3 Å². The SMILES string of the molecule is COCCN(CCOC)CC(=O)N1CCN(c2ccccc2[N+](=O)[O-])CC1. The fraction of sp³-hybridized carbons (Fsp3) is 0.611. The second-order valence-corrected chi connectivity index (χ2v) is 6.38. The van der Waals surface area contributed by atoms with Crippen molar-refractivity contribution < 1.29 is 19.2 Å². The maximum atomic E-state index is 12.6. The van der Waals surface area contributed by atoms with Crippen molar-refractivity contribution in [3.8, 4) is 0 Å². The van der Waals surface area contributed by atoms with E-state index >= 15 is 0 Å². The first-order valence-corrected chi connectivity index (χ1v) is 9.03. The molecule has 1 amide bonds. The van der Waals surface area contributed by atoms with Crippen LogP contribution in [0.15, 0.2) is 24.3 Å². The second kappa shape index (κ2) is 10.8. The molecule has 1 aromatic rings.